The van der Waals surface area contributed by atoms with E-state index in [-0.39, 0.29) is 4.90 Å². The van der Waals surface area contributed by atoms with E-state index in [9.17, 15) is 18.5 Å². The Morgan fingerprint density at radius 3 is 2.52 bits per heavy atom. The second kappa shape index (κ2) is 6.12. The van der Waals surface area contributed by atoms with Gasteiger partial charge in [0.05, 0.1) is 5.69 Å². The molecule has 0 bridgehead atoms. The number of anilines is 1. The molecule has 0 saturated carbocycles. The lowest BCUT2D eigenvalue weighted by Crippen LogP contribution is -2.14. The first kappa shape index (κ1) is 15.9. The van der Waals surface area contributed by atoms with E-state index in [4.69, 9.17) is 11.6 Å². The van der Waals surface area contributed by atoms with Crippen LogP contribution in [0.3, 0.4) is 0 Å². The lowest BCUT2D eigenvalue weighted by Gasteiger charge is -2.09. The van der Waals surface area contributed by atoms with Gasteiger partial charge in [0.25, 0.3) is 10.0 Å². The standard InChI is InChI=1S/C11H7ClIN3O4S/c12-7-1-3-10(9(13)5-7)15-21(19,20)8-2-4-11(14-6-8)16(17)18/h1-6,15H. The van der Waals surface area contributed by atoms with E-state index in [0.717, 1.165) is 18.3 Å². The van der Waals surface area contributed by atoms with Crippen LogP contribution in [0.15, 0.2) is 41.4 Å². The zero-order valence-electron chi connectivity index (χ0n) is 10.2. The van der Waals surface area contributed by atoms with Crippen LogP contribution in [0, 0.1) is 13.7 Å². The van der Waals surface area contributed by atoms with Gasteiger partial charge in [0.1, 0.15) is 4.90 Å². The van der Waals surface area contributed by atoms with Crippen LogP contribution in [0.5, 0.6) is 0 Å². The Kier molecular flexibility index (Phi) is 4.64. The van der Waals surface area contributed by atoms with Gasteiger partial charge >= 0.3 is 5.82 Å². The van der Waals surface area contributed by atoms with Crippen LogP contribution in [0.2, 0.25) is 5.02 Å². The lowest BCUT2D eigenvalue weighted by atomic mass is 10.3. The van der Waals surface area contributed by atoms with Crippen molar-refractivity contribution in [2.75, 3.05) is 4.72 Å². The molecule has 0 saturated heterocycles. The fraction of sp³-hybridized carbons (Fsp3) is 0. The van der Waals surface area contributed by atoms with Gasteiger partial charge in [-0.1, -0.05) is 11.6 Å². The number of hydrogen-bond acceptors (Lipinski definition) is 5. The second-order valence-electron chi connectivity index (χ2n) is 3.84. The number of benzene rings is 1. The van der Waals surface area contributed by atoms with Gasteiger partial charge in [0, 0.05) is 14.7 Å². The number of halogens is 2. The molecule has 1 aromatic carbocycles. The van der Waals surface area contributed by atoms with Crippen molar-refractivity contribution < 1.29 is 13.3 Å². The smallest absolute Gasteiger partial charge is 0.358 e. The maximum atomic E-state index is 12.2. The first-order valence-electron chi connectivity index (χ1n) is 5.38. The van der Waals surface area contributed by atoms with E-state index in [1.54, 1.807) is 12.1 Å². The van der Waals surface area contributed by atoms with Crippen LogP contribution in [0.1, 0.15) is 0 Å². The first-order valence-corrected chi connectivity index (χ1v) is 8.32. The Balaban J connectivity index is 2.31. The lowest BCUT2D eigenvalue weighted by molar-refractivity contribution is -0.389. The molecule has 1 N–H and O–H groups in total. The third-order valence-electron chi connectivity index (χ3n) is 2.39. The van der Waals surface area contributed by atoms with Crippen molar-refractivity contribution in [3.63, 3.8) is 0 Å². The minimum absolute atomic E-state index is 0.168. The van der Waals surface area contributed by atoms with Gasteiger partial charge in [-0.15, -0.1) is 0 Å². The van der Waals surface area contributed by atoms with Crippen LogP contribution >= 0.6 is 34.2 Å². The molecule has 0 unspecified atom stereocenters. The number of sulfonamides is 1. The van der Waals surface area contributed by atoms with Crippen LogP contribution < -0.4 is 4.72 Å². The maximum Gasteiger partial charge on any atom is 0.363 e. The Bertz CT molecular complexity index is 796. The number of aromatic nitrogens is 1. The number of nitrogens with one attached hydrogen (secondary N) is 1. The van der Waals surface area contributed by atoms with E-state index in [0.29, 0.717) is 14.3 Å². The highest BCUT2D eigenvalue weighted by atomic mass is 127. The minimum Gasteiger partial charge on any atom is -0.358 e. The summed E-state index contributed by atoms with van der Waals surface area (Å²) in [4.78, 5) is 13.1. The zero-order chi connectivity index (χ0) is 15.6. The highest BCUT2D eigenvalue weighted by Crippen LogP contribution is 2.25. The molecular formula is C11H7ClIN3O4S. The third-order valence-corrected chi connectivity index (χ3v) is 4.87. The fourth-order valence-electron chi connectivity index (χ4n) is 1.42. The summed E-state index contributed by atoms with van der Waals surface area (Å²) >= 11 is 7.74. The molecule has 21 heavy (non-hydrogen) atoms. The Morgan fingerprint density at radius 1 is 1.29 bits per heavy atom. The maximum absolute atomic E-state index is 12.2. The molecule has 0 spiro atoms. The van der Waals surface area contributed by atoms with Crippen LogP contribution in [0.25, 0.3) is 0 Å². The molecule has 0 aliphatic heterocycles. The summed E-state index contributed by atoms with van der Waals surface area (Å²) in [6.07, 6.45) is 0.934. The number of nitrogens with zero attached hydrogens (tertiary/aromatic N) is 2. The Hall–Kier alpha value is -1.46. The Labute approximate surface area is 138 Å². The summed E-state index contributed by atoms with van der Waals surface area (Å²) in [5, 5.41) is 11.0. The molecule has 0 fully saturated rings. The first-order chi connectivity index (χ1) is 9.79. The molecule has 0 radical (unpaired) electrons. The normalized spacial score (nSPS) is 11.1. The summed E-state index contributed by atoms with van der Waals surface area (Å²) in [5.74, 6) is -0.421. The van der Waals surface area contributed by atoms with Crippen molar-refractivity contribution in [1.82, 2.24) is 4.98 Å². The van der Waals surface area contributed by atoms with E-state index in [2.05, 4.69) is 9.71 Å². The molecule has 2 rings (SSSR count). The van der Waals surface area contributed by atoms with Crippen LogP contribution in [-0.4, -0.2) is 18.3 Å². The number of rotatable bonds is 4. The van der Waals surface area contributed by atoms with Crippen LogP contribution in [-0.2, 0) is 10.0 Å². The zero-order valence-corrected chi connectivity index (χ0v) is 13.9. The molecule has 1 aromatic heterocycles. The van der Waals surface area contributed by atoms with Crippen molar-refractivity contribution in [1.29, 1.82) is 0 Å². The average molecular weight is 440 g/mol. The van der Waals surface area contributed by atoms with Gasteiger partial charge in [-0.3, -0.25) is 4.72 Å². The summed E-state index contributed by atoms with van der Waals surface area (Å²) in [6.45, 7) is 0. The average Bonchev–Trinajstić information content (AvgIpc) is 2.42. The molecular weight excluding hydrogens is 433 g/mol. The van der Waals surface area contributed by atoms with Crippen LogP contribution in [0.4, 0.5) is 11.5 Å². The largest absolute Gasteiger partial charge is 0.363 e. The molecule has 0 aliphatic carbocycles. The topological polar surface area (TPSA) is 102 Å². The van der Waals surface area contributed by atoms with E-state index < -0.39 is 20.8 Å². The monoisotopic (exact) mass is 439 g/mol. The van der Waals surface area contributed by atoms with E-state index >= 15 is 0 Å². The highest BCUT2D eigenvalue weighted by molar-refractivity contribution is 14.1. The quantitative estimate of drug-likeness (QED) is 0.448. The van der Waals surface area contributed by atoms with Gasteiger partial charge < -0.3 is 10.1 Å². The van der Waals surface area contributed by atoms with E-state index in [1.807, 2.05) is 22.6 Å². The number of hydrogen-bond donors (Lipinski definition) is 1. The van der Waals surface area contributed by atoms with Crippen molar-refractivity contribution in [3.8, 4) is 0 Å². The molecule has 110 valence electrons. The predicted octanol–water partition coefficient (Wildman–Crippen LogP) is 3.05. The predicted molar refractivity (Wildman–Crippen MR) is 85.9 cm³/mol. The SMILES string of the molecule is O=[N+]([O-])c1ccc(S(=O)(=O)Nc2ccc(Cl)cc2I)cn1. The molecule has 10 heteroatoms. The van der Waals surface area contributed by atoms with Crippen molar-refractivity contribution in [3.05, 3.63) is 55.2 Å². The minimum atomic E-state index is -3.87. The summed E-state index contributed by atoms with van der Waals surface area (Å²) in [7, 11) is -3.87. The second-order valence-corrected chi connectivity index (χ2v) is 7.12. The van der Waals surface area contributed by atoms with Gasteiger partial charge in [0.15, 0.2) is 6.20 Å². The fourth-order valence-corrected chi connectivity index (χ4v) is 3.63. The van der Waals surface area contributed by atoms with E-state index in [1.165, 1.54) is 6.07 Å². The number of nitro groups is 1. The van der Waals surface area contributed by atoms with Crippen molar-refractivity contribution in [2.45, 2.75) is 4.90 Å². The summed E-state index contributed by atoms with van der Waals surface area (Å²) in [5.41, 5.74) is 0.360. The molecule has 0 atom stereocenters. The molecule has 0 amide bonds. The number of pyridine rings is 1. The third kappa shape index (κ3) is 3.80. The van der Waals surface area contributed by atoms with Gasteiger partial charge in [-0.25, -0.2) is 8.42 Å². The molecule has 1 heterocycles. The molecule has 0 aliphatic rings. The Morgan fingerprint density at radius 2 is 2.00 bits per heavy atom. The van der Waals surface area contributed by atoms with Crippen molar-refractivity contribution >= 4 is 55.7 Å². The molecule has 2 aromatic rings. The molecule has 7 nitrogen and oxygen atoms in total. The van der Waals surface area contributed by atoms with Gasteiger partial charge in [-0.05, 0) is 56.8 Å². The van der Waals surface area contributed by atoms with Gasteiger partial charge in [0.2, 0.25) is 0 Å². The highest BCUT2D eigenvalue weighted by Gasteiger charge is 2.19. The van der Waals surface area contributed by atoms with Crippen molar-refractivity contribution in [2.24, 2.45) is 0 Å². The summed E-state index contributed by atoms with van der Waals surface area (Å²) < 4.78 is 27.3. The van der Waals surface area contributed by atoms with Gasteiger partial charge in [-0.2, -0.15) is 0 Å². The summed E-state index contributed by atoms with van der Waals surface area (Å²) in [6, 6.07) is 6.84.